The molecule has 6 heteroatoms. The minimum atomic E-state index is -0.257. The molecule has 0 spiro atoms. The molecule has 20 heavy (non-hydrogen) atoms. The van der Waals surface area contributed by atoms with E-state index in [1.165, 1.54) is 22.9 Å². The zero-order chi connectivity index (χ0) is 14.3. The van der Waals surface area contributed by atoms with E-state index in [0.717, 1.165) is 29.7 Å². The van der Waals surface area contributed by atoms with Gasteiger partial charge in [-0.3, -0.25) is 15.0 Å². The van der Waals surface area contributed by atoms with Crippen molar-refractivity contribution in [2.75, 3.05) is 5.43 Å². The van der Waals surface area contributed by atoms with Crippen LogP contribution in [0.15, 0.2) is 4.79 Å². The van der Waals surface area contributed by atoms with Gasteiger partial charge in [-0.05, 0) is 31.2 Å². The SMILES string of the molecule is CCc1nc2sc3c(c2c(=O)n1NC(C)=O)CCCC3. The summed E-state index contributed by atoms with van der Waals surface area (Å²) in [7, 11) is 0. The number of fused-ring (bicyclic) bond motifs is 3. The van der Waals surface area contributed by atoms with Gasteiger partial charge in [-0.25, -0.2) is 9.66 Å². The molecule has 0 saturated heterocycles. The van der Waals surface area contributed by atoms with Crippen LogP contribution in [0.25, 0.3) is 10.2 Å². The van der Waals surface area contributed by atoms with Crippen LogP contribution < -0.4 is 11.0 Å². The molecule has 0 atom stereocenters. The van der Waals surface area contributed by atoms with Crippen molar-refractivity contribution in [3.05, 3.63) is 26.6 Å². The Morgan fingerprint density at radius 2 is 2.15 bits per heavy atom. The summed E-state index contributed by atoms with van der Waals surface area (Å²) in [6, 6.07) is 0. The second-order valence-corrected chi connectivity index (χ2v) is 6.16. The number of carbonyl (C=O) groups is 1. The third-order valence-corrected chi connectivity index (χ3v) is 4.83. The number of amides is 1. The third kappa shape index (κ3) is 2.04. The van der Waals surface area contributed by atoms with Gasteiger partial charge >= 0.3 is 0 Å². The fourth-order valence-electron chi connectivity index (χ4n) is 2.76. The maximum absolute atomic E-state index is 12.7. The van der Waals surface area contributed by atoms with Gasteiger partial charge < -0.3 is 0 Å². The van der Waals surface area contributed by atoms with E-state index in [2.05, 4.69) is 10.4 Å². The molecular formula is C14H17N3O2S. The highest BCUT2D eigenvalue weighted by atomic mass is 32.1. The standard InChI is InChI=1S/C14H17N3O2S/c1-3-11-15-13-12(14(19)17(11)16-8(2)18)9-6-4-5-7-10(9)20-13/h3-7H2,1-2H3,(H,16,18). The Hall–Kier alpha value is -1.69. The van der Waals surface area contributed by atoms with Crippen LogP contribution in [-0.2, 0) is 24.1 Å². The predicted molar refractivity (Wildman–Crippen MR) is 79.9 cm³/mol. The monoisotopic (exact) mass is 291 g/mol. The van der Waals surface area contributed by atoms with E-state index in [1.807, 2.05) is 6.92 Å². The van der Waals surface area contributed by atoms with Gasteiger partial charge in [-0.2, -0.15) is 0 Å². The molecule has 1 amide bonds. The second-order valence-electron chi connectivity index (χ2n) is 5.08. The van der Waals surface area contributed by atoms with Gasteiger partial charge in [0.15, 0.2) is 0 Å². The number of nitrogens with one attached hydrogen (secondary N) is 1. The first-order valence-electron chi connectivity index (χ1n) is 6.95. The number of rotatable bonds is 2. The molecule has 5 nitrogen and oxygen atoms in total. The topological polar surface area (TPSA) is 64.0 Å². The quantitative estimate of drug-likeness (QED) is 0.920. The predicted octanol–water partition coefficient (Wildman–Crippen LogP) is 1.99. The lowest BCUT2D eigenvalue weighted by molar-refractivity contribution is -0.115. The normalized spacial score (nSPS) is 14.3. The Bertz CT molecular complexity index is 745. The molecule has 0 aliphatic heterocycles. The van der Waals surface area contributed by atoms with Gasteiger partial charge in [0.2, 0.25) is 5.91 Å². The minimum absolute atomic E-state index is 0.138. The fraction of sp³-hybridized carbons (Fsp3) is 0.500. The van der Waals surface area contributed by atoms with Crippen molar-refractivity contribution < 1.29 is 4.79 Å². The van der Waals surface area contributed by atoms with Crippen LogP contribution in [0.4, 0.5) is 0 Å². The third-order valence-electron chi connectivity index (χ3n) is 3.64. The molecule has 2 aromatic rings. The first-order chi connectivity index (χ1) is 9.61. The van der Waals surface area contributed by atoms with Gasteiger partial charge in [0.05, 0.1) is 5.39 Å². The summed E-state index contributed by atoms with van der Waals surface area (Å²) in [6.45, 7) is 3.33. The van der Waals surface area contributed by atoms with Gasteiger partial charge in [-0.1, -0.05) is 6.92 Å². The molecule has 0 bridgehead atoms. The molecule has 0 saturated carbocycles. The zero-order valence-electron chi connectivity index (χ0n) is 11.7. The number of aryl methyl sites for hydroxylation is 3. The maximum atomic E-state index is 12.7. The van der Waals surface area contributed by atoms with Gasteiger partial charge in [-0.15, -0.1) is 11.3 Å². The molecule has 0 fully saturated rings. The van der Waals surface area contributed by atoms with E-state index < -0.39 is 0 Å². The van der Waals surface area contributed by atoms with Crippen LogP contribution in [0.3, 0.4) is 0 Å². The summed E-state index contributed by atoms with van der Waals surface area (Å²) in [5.74, 6) is 0.350. The van der Waals surface area contributed by atoms with Gasteiger partial charge in [0.25, 0.3) is 5.56 Å². The van der Waals surface area contributed by atoms with Crippen LogP contribution in [0.2, 0.25) is 0 Å². The Labute approximate surface area is 120 Å². The largest absolute Gasteiger partial charge is 0.281 e. The second kappa shape index (κ2) is 5.01. The number of carbonyl (C=O) groups excluding carboxylic acids is 1. The maximum Gasteiger partial charge on any atom is 0.281 e. The lowest BCUT2D eigenvalue weighted by atomic mass is 9.97. The summed E-state index contributed by atoms with van der Waals surface area (Å²) in [5.41, 5.74) is 3.60. The molecule has 0 radical (unpaired) electrons. The number of hydrogen-bond acceptors (Lipinski definition) is 4. The van der Waals surface area contributed by atoms with Crippen LogP contribution in [-0.4, -0.2) is 15.6 Å². The van der Waals surface area contributed by atoms with Crippen LogP contribution >= 0.6 is 11.3 Å². The van der Waals surface area contributed by atoms with Crippen molar-refractivity contribution in [2.45, 2.75) is 46.0 Å². The number of nitrogens with zero attached hydrogens (tertiary/aromatic N) is 2. The highest BCUT2D eigenvalue weighted by Gasteiger charge is 2.21. The van der Waals surface area contributed by atoms with Crippen molar-refractivity contribution >= 4 is 27.5 Å². The molecule has 1 aliphatic carbocycles. The molecule has 0 aromatic carbocycles. The Kier molecular flexibility index (Phi) is 3.33. The molecule has 0 unspecified atom stereocenters. The summed E-state index contributed by atoms with van der Waals surface area (Å²) in [6.07, 6.45) is 4.89. The van der Waals surface area contributed by atoms with Crippen LogP contribution in [0, 0.1) is 0 Å². The van der Waals surface area contributed by atoms with Gasteiger partial charge in [0, 0.05) is 18.2 Å². The smallest absolute Gasteiger partial charge is 0.274 e. The van der Waals surface area contributed by atoms with Crippen molar-refractivity contribution in [3.8, 4) is 0 Å². The molecule has 1 N–H and O–H groups in total. The molecule has 2 heterocycles. The van der Waals surface area contributed by atoms with Crippen LogP contribution in [0.5, 0.6) is 0 Å². The Morgan fingerprint density at radius 3 is 2.85 bits per heavy atom. The number of hydrogen-bond donors (Lipinski definition) is 1. The molecule has 2 aromatic heterocycles. The van der Waals surface area contributed by atoms with Crippen LogP contribution in [0.1, 0.15) is 43.0 Å². The molecule has 106 valence electrons. The molecular weight excluding hydrogens is 274 g/mol. The Morgan fingerprint density at radius 1 is 1.40 bits per heavy atom. The van der Waals surface area contributed by atoms with E-state index in [9.17, 15) is 9.59 Å². The number of thiophene rings is 1. The highest BCUT2D eigenvalue weighted by Crippen LogP contribution is 2.33. The van der Waals surface area contributed by atoms with Crippen molar-refractivity contribution in [1.82, 2.24) is 9.66 Å². The fourth-order valence-corrected chi connectivity index (χ4v) is 4.03. The number of aromatic nitrogens is 2. The average molecular weight is 291 g/mol. The van der Waals surface area contributed by atoms with Crippen molar-refractivity contribution in [3.63, 3.8) is 0 Å². The van der Waals surface area contributed by atoms with Crippen molar-refractivity contribution in [2.24, 2.45) is 0 Å². The lowest BCUT2D eigenvalue weighted by Crippen LogP contribution is -2.35. The Balaban J connectivity index is 2.30. The van der Waals surface area contributed by atoms with E-state index in [-0.39, 0.29) is 11.5 Å². The molecule has 1 aliphatic rings. The highest BCUT2D eigenvalue weighted by molar-refractivity contribution is 7.18. The van der Waals surface area contributed by atoms with E-state index in [4.69, 9.17) is 0 Å². The summed E-state index contributed by atoms with van der Waals surface area (Å²) in [4.78, 5) is 30.7. The summed E-state index contributed by atoms with van der Waals surface area (Å²) >= 11 is 1.63. The average Bonchev–Trinajstić information content (AvgIpc) is 2.79. The first kappa shape index (κ1) is 13.3. The first-order valence-corrected chi connectivity index (χ1v) is 7.77. The van der Waals surface area contributed by atoms with E-state index in [0.29, 0.717) is 17.6 Å². The van der Waals surface area contributed by atoms with Gasteiger partial charge in [0.1, 0.15) is 10.7 Å². The van der Waals surface area contributed by atoms with E-state index in [1.54, 1.807) is 11.3 Å². The zero-order valence-corrected chi connectivity index (χ0v) is 12.5. The van der Waals surface area contributed by atoms with E-state index >= 15 is 0 Å². The lowest BCUT2D eigenvalue weighted by Gasteiger charge is -2.12. The summed E-state index contributed by atoms with van der Waals surface area (Å²) < 4.78 is 1.31. The molecule has 3 rings (SSSR count). The minimum Gasteiger partial charge on any atom is -0.274 e. The van der Waals surface area contributed by atoms with Crippen molar-refractivity contribution in [1.29, 1.82) is 0 Å². The summed E-state index contributed by atoms with van der Waals surface area (Å²) in [5, 5.41) is 0.704.